The largest absolute Gasteiger partial charge is 0.496 e. The zero-order valence-corrected chi connectivity index (χ0v) is 10.2. The maximum absolute atomic E-state index is 5.31. The van der Waals surface area contributed by atoms with E-state index in [0.717, 1.165) is 21.3 Å². The van der Waals surface area contributed by atoms with Gasteiger partial charge in [-0.2, -0.15) is 0 Å². The number of hydrogen-bond donors (Lipinski definition) is 1. The normalized spacial score (nSPS) is 10.3. The summed E-state index contributed by atoms with van der Waals surface area (Å²) >= 11 is 5.78. The van der Waals surface area contributed by atoms with Crippen molar-refractivity contribution in [3.63, 3.8) is 0 Å². The Labute approximate surface area is 98.3 Å². The van der Waals surface area contributed by atoms with Gasteiger partial charge in [-0.05, 0) is 19.1 Å². The molecule has 1 aromatic heterocycles. The fourth-order valence-corrected chi connectivity index (χ4v) is 2.41. The van der Waals surface area contributed by atoms with Crippen LogP contribution in [0.5, 0.6) is 5.75 Å². The van der Waals surface area contributed by atoms with Crippen LogP contribution >= 0.6 is 24.0 Å². The number of ether oxygens (including phenoxy) is 1. The fourth-order valence-electron chi connectivity index (χ4n) is 1.38. The van der Waals surface area contributed by atoms with E-state index < -0.39 is 0 Å². The summed E-state index contributed by atoms with van der Waals surface area (Å²) in [5.74, 6) is 0.850. The molecule has 0 amide bonds. The smallest absolute Gasteiger partial charge is 0.129 e. The molecule has 0 aliphatic heterocycles. The molecule has 0 unspecified atom stereocenters. The van der Waals surface area contributed by atoms with Crippen LogP contribution in [0, 0.1) is 6.92 Å². The number of nitrogens with zero attached hydrogens (tertiary/aromatic N) is 1. The third-order valence-electron chi connectivity index (χ3n) is 2.08. The van der Waals surface area contributed by atoms with Crippen LogP contribution in [0.4, 0.5) is 0 Å². The molecular formula is C11H11NOS2. The van der Waals surface area contributed by atoms with Crippen molar-refractivity contribution < 1.29 is 4.74 Å². The van der Waals surface area contributed by atoms with Gasteiger partial charge in [0.15, 0.2) is 0 Å². The molecule has 1 heterocycles. The first-order chi connectivity index (χ1) is 7.20. The first-order valence-electron chi connectivity index (χ1n) is 4.50. The summed E-state index contributed by atoms with van der Waals surface area (Å²) in [6.07, 6.45) is 0. The van der Waals surface area contributed by atoms with Crippen molar-refractivity contribution in [1.82, 2.24) is 4.98 Å². The first kappa shape index (κ1) is 10.5. The summed E-state index contributed by atoms with van der Waals surface area (Å²) in [5.41, 5.74) is 2.23. The predicted molar refractivity (Wildman–Crippen MR) is 66.1 cm³/mol. The van der Waals surface area contributed by atoms with E-state index in [1.807, 2.05) is 17.5 Å². The molecule has 0 radical (unpaired) electrons. The van der Waals surface area contributed by atoms with Crippen LogP contribution in [0.15, 0.2) is 28.6 Å². The second kappa shape index (κ2) is 4.24. The number of aryl methyl sites for hydroxylation is 1. The standard InChI is InChI=1S/C11H11NOS2/c1-7-3-4-9(13-2)8(5-7)11-12-10(14)6-15-11/h3-6,14H,1-2H3. The third-order valence-corrected chi connectivity index (χ3v) is 3.36. The minimum absolute atomic E-state index is 0.749. The van der Waals surface area contributed by atoms with Crippen LogP contribution < -0.4 is 4.74 Å². The Hall–Kier alpha value is -1.000. The van der Waals surface area contributed by atoms with E-state index in [2.05, 4.69) is 30.6 Å². The summed E-state index contributed by atoms with van der Waals surface area (Å²) in [6, 6.07) is 6.06. The Morgan fingerprint density at radius 3 is 2.80 bits per heavy atom. The monoisotopic (exact) mass is 237 g/mol. The Morgan fingerprint density at radius 2 is 2.20 bits per heavy atom. The maximum Gasteiger partial charge on any atom is 0.129 e. The van der Waals surface area contributed by atoms with E-state index in [1.54, 1.807) is 18.4 Å². The maximum atomic E-state index is 5.31. The molecule has 0 saturated carbocycles. The Balaban J connectivity index is 2.55. The van der Waals surface area contributed by atoms with Gasteiger partial charge in [0.1, 0.15) is 15.8 Å². The van der Waals surface area contributed by atoms with Gasteiger partial charge in [-0.3, -0.25) is 0 Å². The van der Waals surface area contributed by atoms with Crippen molar-refractivity contribution >= 4 is 24.0 Å². The van der Waals surface area contributed by atoms with E-state index in [1.165, 1.54) is 5.56 Å². The molecule has 1 aromatic carbocycles. The van der Waals surface area contributed by atoms with Crippen molar-refractivity contribution in [2.75, 3.05) is 7.11 Å². The number of thiol groups is 1. The minimum atomic E-state index is 0.749. The summed E-state index contributed by atoms with van der Waals surface area (Å²) in [4.78, 5) is 4.33. The minimum Gasteiger partial charge on any atom is -0.496 e. The average molecular weight is 237 g/mol. The van der Waals surface area contributed by atoms with E-state index >= 15 is 0 Å². The molecular weight excluding hydrogens is 226 g/mol. The Bertz CT molecular complexity index is 479. The zero-order valence-electron chi connectivity index (χ0n) is 8.52. The van der Waals surface area contributed by atoms with Gasteiger partial charge < -0.3 is 4.74 Å². The molecule has 0 aliphatic rings. The molecule has 0 atom stereocenters. The van der Waals surface area contributed by atoms with Crippen LogP contribution in [0.2, 0.25) is 0 Å². The average Bonchev–Trinajstić information content (AvgIpc) is 2.65. The molecule has 15 heavy (non-hydrogen) atoms. The van der Waals surface area contributed by atoms with Crippen LogP contribution in [0.1, 0.15) is 5.56 Å². The predicted octanol–water partition coefficient (Wildman–Crippen LogP) is 3.42. The summed E-state index contributed by atoms with van der Waals surface area (Å²) in [6.45, 7) is 2.05. The second-order valence-corrected chi connectivity index (χ2v) is 4.53. The van der Waals surface area contributed by atoms with Crippen molar-refractivity contribution in [3.8, 4) is 16.3 Å². The topological polar surface area (TPSA) is 22.1 Å². The summed E-state index contributed by atoms with van der Waals surface area (Å²) < 4.78 is 5.31. The highest BCUT2D eigenvalue weighted by Gasteiger charge is 2.09. The van der Waals surface area contributed by atoms with Crippen LogP contribution in [0.3, 0.4) is 0 Å². The van der Waals surface area contributed by atoms with Crippen molar-refractivity contribution in [3.05, 3.63) is 29.1 Å². The Kier molecular flexibility index (Phi) is 2.98. The number of rotatable bonds is 2. The van der Waals surface area contributed by atoms with Crippen molar-refractivity contribution in [2.24, 2.45) is 0 Å². The Morgan fingerprint density at radius 1 is 1.40 bits per heavy atom. The molecule has 4 heteroatoms. The number of aromatic nitrogens is 1. The van der Waals surface area contributed by atoms with E-state index in [4.69, 9.17) is 4.74 Å². The zero-order chi connectivity index (χ0) is 10.8. The van der Waals surface area contributed by atoms with Gasteiger partial charge in [-0.25, -0.2) is 4.98 Å². The molecule has 0 saturated heterocycles. The number of thiazole rings is 1. The highest BCUT2D eigenvalue weighted by Crippen LogP contribution is 2.33. The molecule has 78 valence electrons. The molecule has 0 N–H and O–H groups in total. The van der Waals surface area contributed by atoms with Gasteiger partial charge in [0.05, 0.1) is 12.7 Å². The number of hydrogen-bond acceptors (Lipinski definition) is 4. The summed E-state index contributed by atoms with van der Waals surface area (Å²) in [5, 5.41) is 3.61. The van der Waals surface area contributed by atoms with Crippen molar-refractivity contribution in [2.45, 2.75) is 11.9 Å². The molecule has 0 spiro atoms. The quantitative estimate of drug-likeness (QED) is 0.808. The molecule has 0 bridgehead atoms. The van der Waals surface area contributed by atoms with Crippen LogP contribution in [-0.4, -0.2) is 12.1 Å². The van der Waals surface area contributed by atoms with Crippen LogP contribution in [-0.2, 0) is 0 Å². The van der Waals surface area contributed by atoms with Gasteiger partial charge in [0.2, 0.25) is 0 Å². The lowest BCUT2D eigenvalue weighted by atomic mass is 10.1. The summed E-state index contributed by atoms with van der Waals surface area (Å²) in [7, 11) is 1.67. The molecule has 2 nitrogen and oxygen atoms in total. The van der Waals surface area contributed by atoms with E-state index in [-0.39, 0.29) is 0 Å². The number of methoxy groups -OCH3 is 1. The molecule has 2 rings (SSSR count). The van der Waals surface area contributed by atoms with Gasteiger partial charge >= 0.3 is 0 Å². The second-order valence-electron chi connectivity index (χ2n) is 3.21. The highest BCUT2D eigenvalue weighted by atomic mass is 32.1. The SMILES string of the molecule is COc1ccc(C)cc1-c1nc(S)cs1. The van der Waals surface area contributed by atoms with Gasteiger partial charge in [0.25, 0.3) is 0 Å². The third kappa shape index (κ3) is 2.16. The molecule has 0 fully saturated rings. The molecule has 0 aliphatic carbocycles. The lowest BCUT2D eigenvalue weighted by Gasteiger charge is -2.06. The lowest BCUT2D eigenvalue weighted by Crippen LogP contribution is -1.88. The highest BCUT2D eigenvalue weighted by molar-refractivity contribution is 7.80. The lowest BCUT2D eigenvalue weighted by molar-refractivity contribution is 0.416. The van der Waals surface area contributed by atoms with Crippen LogP contribution in [0.25, 0.3) is 10.6 Å². The fraction of sp³-hybridized carbons (Fsp3) is 0.182. The van der Waals surface area contributed by atoms with Gasteiger partial charge in [-0.1, -0.05) is 11.6 Å². The first-order valence-corrected chi connectivity index (χ1v) is 5.83. The van der Waals surface area contributed by atoms with E-state index in [0.29, 0.717) is 0 Å². The van der Waals surface area contributed by atoms with Crippen molar-refractivity contribution in [1.29, 1.82) is 0 Å². The van der Waals surface area contributed by atoms with E-state index in [9.17, 15) is 0 Å². The van der Waals surface area contributed by atoms with Gasteiger partial charge in [0, 0.05) is 5.38 Å². The molecule has 2 aromatic rings. The number of benzene rings is 1. The van der Waals surface area contributed by atoms with Gasteiger partial charge in [-0.15, -0.1) is 24.0 Å².